The predicted octanol–water partition coefficient (Wildman–Crippen LogP) is 9.09. The molecule has 0 fully saturated rings. The van der Waals surface area contributed by atoms with E-state index in [1.54, 1.807) is 11.8 Å². The van der Waals surface area contributed by atoms with E-state index in [0.717, 1.165) is 11.3 Å². The molecule has 0 atom stereocenters. The first-order chi connectivity index (χ1) is 15.8. The molecule has 0 radical (unpaired) electrons. The first-order valence-electron chi connectivity index (χ1n) is 10.9. The van der Waals surface area contributed by atoms with E-state index < -0.39 is 0 Å². The van der Waals surface area contributed by atoms with Crippen LogP contribution in [0.4, 0.5) is 0 Å². The zero-order valence-corrected chi connectivity index (χ0v) is 18.5. The van der Waals surface area contributed by atoms with Crippen molar-refractivity contribution in [2.24, 2.45) is 0 Å². The monoisotopic (exact) mass is 426 g/mol. The lowest BCUT2D eigenvalue weighted by atomic mass is 9.94. The summed E-state index contributed by atoms with van der Waals surface area (Å²) in [4.78, 5) is 2.35. The molecule has 0 N–H and O–H groups in total. The number of rotatable bonds is 1. The van der Waals surface area contributed by atoms with E-state index in [0.29, 0.717) is 0 Å². The molecule has 32 heavy (non-hydrogen) atoms. The van der Waals surface area contributed by atoms with Crippen LogP contribution in [0.1, 0.15) is 5.56 Å². The van der Waals surface area contributed by atoms with Gasteiger partial charge in [0, 0.05) is 9.80 Å². The maximum absolute atomic E-state index is 4.16. The van der Waals surface area contributed by atoms with Crippen molar-refractivity contribution in [1.82, 2.24) is 0 Å². The van der Waals surface area contributed by atoms with Crippen LogP contribution in [-0.2, 0) is 6.42 Å². The topological polar surface area (TPSA) is 0 Å². The third-order valence-electron chi connectivity index (χ3n) is 6.25. The minimum atomic E-state index is 0.927. The van der Waals surface area contributed by atoms with E-state index in [2.05, 4.69) is 116 Å². The normalized spacial score (nSPS) is 15.8. The molecule has 6 rings (SSSR count). The summed E-state index contributed by atoms with van der Waals surface area (Å²) >= 11 is 1.75. The van der Waals surface area contributed by atoms with Crippen molar-refractivity contribution in [1.29, 1.82) is 0 Å². The number of hydrogen-bond donors (Lipinski definition) is 0. The molecule has 1 aliphatic rings. The second-order valence-corrected chi connectivity index (χ2v) is 9.43. The van der Waals surface area contributed by atoms with Gasteiger partial charge < -0.3 is 0 Å². The second kappa shape index (κ2) is 7.85. The maximum Gasteiger partial charge on any atom is 0.0157 e. The molecule has 5 aromatic rings. The SMILES string of the molecule is C=C1/C=C\C=C/Cc2cc(-c3ccc4ccc5c6ccccc6ccc5c4c3)ccc2S1. The third-order valence-corrected chi connectivity index (χ3v) is 7.26. The summed E-state index contributed by atoms with van der Waals surface area (Å²) in [5.41, 5.74) is 3.86. The average molecular weight is 427 g/mol. The molecule has 1 aliphatic heterocycles. The number of benzene rings is 5. The summed E-state index contributed by atoms with van der Waals surface area (Å²) in [5.74, 6) is 0. The van der Waals surface area contributed by atoms with E-state index in [9.17, 15) is 0 Å². The molecule has 1 heteroatoms. The molecule has 0 aromatic heterocycles. The van der Waals surface area contributed by atoms with Crippen molar-refractivity contribution < 1.29 is 0 Å². The quantitative estimate of drug-likeness (QED) is 0.241. The van der Waals surface area contributed by atoms with Gasteiger partial charge in [-0.25, -0.2) is 0 Å². The lowest BCUT2D eigenvalue weighted by molar-refractivity contribution is 1.18. The summed E-state index contributed by atoms with van der Waals surface area (Å²) in [6, 6.07) is 31.3. The van der Waals surface area contributed by atoms with Gasteiger partial charge in [0.05, 0.1) is 0 Å². The van der Waals surface area contributed by atoms with E-state index >= 15 is 0 Å². The van der Waals surface area contributed by atoms with Crippen LogP contribution in [-0.4, -0.2) is 0 Å². The summed E-state index contributed by atoms with van der Waals surface area (Å²) in [7, 11) is 0. The van der Waals surface area contributed by atoms with Gasteiger partial charge in [-0.15, -0.1) is 0 Å². The van der Waals surface area contributed by atoms with Gasteiger partial charge in [-0.3, -0.25) is 0 Å². The molecule has 0 spiro atoms. The first kappa shape index (κ1) is 19.2. The van der Waals surface area contributed by atoms with Crippen molar-refractivity contribution in [3.63, 3.8) is 0 Å². The van der Waals surface area contributed by atoms with Crippen LogP contribution in [0.3, 0.4) is 0 Å². The molecular weight excluding hydrogens is 404 g/mol. The third kappa shape index (κ3) is 3.36. The van der Waals surface area contributed by atoms with Crippen LogP contribution < -0.4 is 0 Å². The van der Waals surface area contributed by atoms with E-state index in [-0.39, 0.29) is 0 Å². The number of hydrogen-bond acceptors (Lipinski definition) is 1. The van der Waals surface area contributed by atoms with Crippen molar-refractivity contribution in [3.05, 3.63) is 126 Å². The lowest BCUT2D eigenvalue weighted by Gasteiger charge is -2.12. The zero-order valence-electron chi connectivity index (χ0n) is 17.7. The first-order valence-corrected chi connectivity index (χ1v) is 11.8. The number of thioether (sulfide) groups is 1. The Morgan fingerprint density at radius 1 is 0.625 bits per heavy atom. The Kier molecular flexibility index (Phi) is 4.70. The highest BCUT2D eigenvalue weighted by Crippen LogP contribution is 2.36. The minimum absolute atomic E-state index is 0.927. The van der Waals surface area contributed by atoms with Gasteiger partial charge in [0.25, 0.3) is 0 Å². The highest BCUT2D eigenvalue weighted by molar-refractivity contribution is 8.03. The summed E-state index contributed by atoms with van der Waals surface area (Å²) in [6.45, 7) is 4.16. The fourth-order valence-electron chi connectivity index (χ4n) is 4.63. The Bertz CT molecular complexity index is 1580. The van der Waals surface area contributed by atoms with E-state index in [4.69, 9.17) is 0 Å². The largest absolute Gasteiger partial charge is 0.0904 e. The van der Waals surface area contributed by atoms with Crippen molar-refractivity contribution in [2.45, 2.75) is 11.3 Å². The van der Waals surface area contributed by atoms with E-state index in [1.807, 2.05) is 0 Å². The highest BCUT2D eigenvalue weighted by atomic mass is 32.2. The smallest absolute Gasteiger partial charge is 0.0157 e. The van der Waals surface area contributed by atoms with Crippen LogP contribution >= 0.6 is 11.8 Å². The molecule has 0 bridgehead atoms. The molecular formula is C31H22S. The Balaban J connectivity index is 1.51. The lowest BCUT2D eigenvalue weighted by Crippen LogP contribution is -1.89. The molecule has 1 heterocycles. The molecule has 0 unspecified atom stereocenters. The zero-order chi connectivity index (χ0) is 21.5. The predicted molar refractivity (Wildman–Crippen MR) is 141 cm³/mol. The van der Waals surface area contributed by atoms with Gasteiger partial charge >= 0.3 is 0 Å². The fourth-order valence-corrected chi connectivity index (χ4v) is 5.47. The fraction of sp³-hybridized carbons (Fsp3) is 0.0323. The summed E-state index contributed by atoms with van der Waals surface area (Å²) < 4.78 is 0. The van der Waals surface area contributed by atoms with E-state index in [1.165, 1.54) is 53.9 Å². The van der Waals surface area contributed by atoms with Crippen LogP contribution in [0.15, 0.2) is 126 Å². The van der Waals surface area contributed by atoms with Gasteiger partial charge in [0.1, 0.15) is 0 Å². The average Bonchev–Trinajstić information content (AvgIpc) is 2.92. The van der Waals surface area contributed by atoms with Gasteiger partial charge in [-0.1, -0.05) is 103 Å². The Labute approximate surface area is 192 Å². The maximum atomic E-state index is 4.16. The van der Waals surface area contributed by atoms with Crippen LogP contribution in [0.2, 0.25) is 0 Å². The van der Waals surface area contributed by atoms with Crippen LogP contribution in [0, 0.1) is 0 Å². The Morgan fingerprint density at radius 3 is 2.25 bits per heavy atom. The minimum Gasteiger partial charge on any atom is -0.0904 e. The molecule has 0 nitrogen and oxygen atoms in total. The summed E-state index contributed by atoms with van der Waals surface area (Å²) in [5, 5.41) is 7.81. The molecule has 152 valence electrons. The molecule has 0 saturated heterocycles. The molecule has 0 aliphatic carbocycles. The Hall–Kier alpha value is -3.55. The van der Waals surface area contributed by atoms with Gasteiger partial charge in [-0.05, 0) is 79.7 Å². The van der Waals surface area contributed by atoms with Crippen molar-refractivity contribution in [3.8, 4) is 11.1 Å². The number of fused-ring (bicyclic) bond motifs is 6. The van der Waals surface area contributed by atoms with Crippen LogP contribution in [0.25, 0.3) is 43.4 Å². The number of allylic oxidation sites excluding steroid dienone is 4. The molecule has 0 amide bonds. The standard InChI is InChI=1S/C31H22S/c1-21-7-3-2-4-9-26-19-24(15-18-31(26)32-21)25-12-11-23-14-16-28-27-10-6-5-8-22(27)13-17-29(28)30(23)20-25/h2-8,10-20H,1,9H2/b4-2-,7-3-. The van der Waals surface area contributed by atoms with Crippen molar-refractivity contribution >= 4 is 44.1 Å². The second-order valence-electron chi connectivity index (χ2n) is 8.27. The highest BCUT2D eigenvalue weighted by Gasteiger charge is 2.10. The van der Waals surface area contributed by atoms with Gasteiger partial charge in [0.2, 0.25) is 0 Å². The van der Waals surface area contributed by atoms with Gasteiger partial charge in [0.15, 0.2) is 0 Å². The molecule has 0 saturated carbocycles. The van der Waals surface area contributed by atoms with Gasteiger partial charge in [-0.2, -0.15) is 0 Å². The molecule has 5 aromatic carbocycles. The van der Waals surface area contributed by atoms with Crippen LogP contribution in [0.5, 0.6) is 0 Å². The summed E-state index contributed by atoms with van der Waals surface area (Å²) in [6.07, 6.45) is 9.40. The Morgan fingerprint density at radius 2 is 1.34 bits per heavy atom. The van der Waals surface area contributed by atoms with Crippen molar-refractivity contribution in [2.75, 3.05) is 0 Å².